The normalized spacial score (nSPS) is 16.8. The molecule has 1 atom stereocenters. The first-order chi connectivity index (χ1) is 12.6. The van der Waals surface area contributed by atoms with E-state index in [4.69, 9.17) is 5.11 Å². The van der Waals surface area contributed by atoms with Crippen LogP contribution in [0.4, 0.5) is 5.69 Å². The number of aromatic carboxylic acids is 1. The molecule has 0 amide bonds. The minimum absolute atomic E-state index is 0.0848. The Kier molecular flexibility index (Phi) is 4.01. The molecule has 0 saturated carbocycles. The number of nitrogens with zero attached hydrogens (tertiary/aromatic N) is 1. The van der Waals surface area contributed by atoms with Gasteiger partial charge in [-0.15, -0.1) is 0 Å². The summed E-state index contributed by atoms with van der Waals surface area (Å²) in [7, 11) is 0. The van der Waals surface area contributed by atoms with Crippen LogP contribution < -0.4 is 4.90 Å². The predicted octanol–water partition coefficient (Wildman–Crippen LogP) is 4.57. The number of allylic oxidation sites excluding steroid dienone is 1. The van der Waals surface area contributed by atoms with Crippen LogP contribution in [0.3, 0.4) is 0 Å². The van der Waals surface area contributed by atoms with Crippen molar-refractivity contribution in [2.75, 3.05) is 4.90 Å². The highest BCUT2D eigenvalue weighted by Gasteiger charge is 2.25. The first-order valence-corrected chi connectivity index (χ1v) is 8.43. The molecule has 4 heteroatoms. The maximum absolute atomic E-state index is 12.0. The number of ketones is 1. The minimum atomic E-state index is -0.952. The van der Waals surface area contributed by atoms with Crippen molar-refractivity contribution in [3.05, 3.63) is 90.1 Å². The zero-order chi connectivity index (χ0) is 18.1. The monoisotopic (exact) mass is 343 g/mol. The zero-order valence-electron chi connectivity index (χ0n) is 14.0. The van der Waals surface area contributed by atoms with Gasteiger partial charge in [0.2, 0.25) is 0 Å². The van der Waals surface area contributed by atoms with Gasteiger partial charge in [0.25, 0.3) is 0 Å². The summed E-state index contributed by atoms with van der Waals surface area (Å²) in [5.41, 5.74) is 2.16. The van der Waals surface area contributed by atoms with E-state index in [0.717, 1.165) is 22.0 Å². The van der Waals surface area contributed by atoms with Crippen LogP contribution in [0.25, 0.3) is 10.8 Å². The van der Waals surface area contributed by atoms with Gasteiger partial charge in [-0.25, -0.2) is 4.79 Å². The highest BCUT2D eigenvalue weighted by Crippen LogP contribution is 2.34. The third-order valence-corrected chi connectivity index (χ3v) is 4.72. The summed E-state index contributed by atoms with van der Waals surface area (Å²) in [5, 5.41) is 11.4. The fourth-order valence-corrected chi connectivity index (χ4v) is 3.36. The number of hydrogen-bond acceptors (Lipinski definition) is 3. The smallest absolute Gasteiger partial charge is 0.335 e. The minimum Gasteiger partial charge on any atom is -0.478 e. The van der Waals surface area contributed by atoms with Gasteiger partial charge in [0.05, 0.1) is 11.6 Å². The number of fused-ring (bicyclic) bond motifs is 1. The van der Waals surface area contributed by atoms with Crippen LogP contribution in [0.15, 0.2) is 79.0 Å². The van der Waals surface area contributed by atoms with E-state index in [1.807, 2.05) is 17.0 Å². The molecule has 3 aromatic rings. The SMILES string of the molecule is O=C1C=CN(c2ccc(C(=O)O)cc2)C(c2ccc3ccccc3c2)C1. The standard InChI is InChI=1S/C22H17NO3/c24-20-11-12-23(19-9-7-16(8-10-19)22(25)26)21(14-20)18-6-5-15-3-1-2-4-17(15)13-18/h1-13,21H,14H2,(H,25,26). The summed E-state index contributed by atoms with van der Waals surface area (Å²) in [4.78, 5) is 25.1. The second-order valence-corrected chi connectivity index (χ2v) is 6.37. The van der Waals surface area contributed by atoms with Gasteiger partial charge in [-0.2, -0.15) is 0 Å². The molecule has 4 rings (SSSR count). The van der Waals surface area contributed by atoms with E-state index in [2.05, 4.69) is 30.3 Å². The molecule has 0 aliphatic carbocycles. The maximum atomic E-state index is 12.0. The Hall–Kier alpha value is -3.40. The van der Waals surface area contributed by atoms with Crippen molar-refractivity contribution < 1.29 is 14.7 Å². The molecule has 3 aromatic carbocycles. The molecule has 0 fully saturated rings. The molecular formula is C22H17NO3. The molecule has 0 radical (unpaired) electrons. The molecule has 0 spiro atoms. The maximum Gasteiger partial charge on any atom is 0.335 e. The lowest BCUT2D eigenvalue weighted by atomic mass is 9.94. The van der Waals surface area contributed by atoms with Crippen molar-refractivity contribution in [3.8, 4) is 0 Å². The Morgan fingerprint density at radius 2 is 1.69 bits per heavy atom. The Labute approximate surface area is 151 Å². The van der Waals surface area contributed by atoms with Crippen molar-refractivity contribution >= 4 is 28.2 Å². The second kappa shape index (κ2) is 6.48. The molecule has 1 unspecified atom stereocenters. The quantitative estimate of drug-likeness (QED) is 0.757. The van der Waals surface area contributed by atoms with Crippen molar-refractivity contribution in [1.82, 2.24) is 0 Å². The highest BCUT2D eigenvalue weighted by atomic mass is 16.4. The van der Waals surface area contributed by atoms with Gasteiger partial charge in [-0.05, 0) is 52.7 Å². The van der Waals surface area contributed by atoms with Crippen molar-refractivity contribution in [2.24, 2.45) is 0 Å². The fraction of sp³-hybridized carbons (Fsp3) is 0.0909. The Bertz CT molecular complexity index is 1020. The summed E-state index contributed by atoms with van der Waals surface area (Å²) in [5.74, 6) is -0.867. The first kappa shape index (κ1) is 16.1. The van der Waals surface area contributed by atoms with E-state index in [1.54, 1.807) is 36.5 Å². The van der Waals surface area contributed by atoms with Gasteiger partial charge in [0, 0.05) is 18.3 Å². The molecule has 128 valence electrons. The fourth-order valence-electron chi connectivity index (χ4n) is 3.36. The number of carboxylic acids is 1. The average Bonchev–Trinajstić information content (AvgIpc) is 2.67. The number of carboxylic acid groups (broad SMARTS) is 1. The molecule has 0 saturated heterocycles. The van der Waals surface area contributed by atoms with E-state index in [1.165, 1.54) is 0 Å². The van der Waals surface area contributed by atoms with Crippen LogP contribution in [0.5, 0.6) is 0 Å². The molecule has 26 heavy (non-hydrogen) atoms. The Morgan fingerprint density at radius 3 is 2.42 bits per heavy atom. The second-order valence-electron chi connectivity index (χ2n) is 6.37. The van der Waals surface area contributed by atoms with Gasteiger partial charge in [0.15, 0.2) is 5.78 Å². The third kappa shape index (κ3) is 2.97. The number of rotatable bonds is 3. The van der Waals surface area contributed by atoms with Crippen LogP contribution >= 0.6 is 0 Å². The van der Waals surface area contributed by atoms with Crippen molar-refractivity contribution in [3.63, 3.8) is 0 Å². The Balaban J connectivity index is 1.74. The van der Waals surface area contributed by atoms with Crippen LogP contribution in [0.1, 0.15) is 28.4 Å². The van der Waals surface area contributed by atoms with E-state index in [0.29, 0.717) is 6.42 Å². The topological polar surface area (TPSA) is 57.6 Å². The average molecular weight is 343 g/mol. The number of carbonyl (C=O) groups excluding carboxylic acids is 1. The lowest BCUT2D eigenvalue weighted by molar-refractivity contribution is -0.115. The first-order valence-electron chi connectivity index (χ1n) is 8.43. The van der Waals surface area contributed by atoms with E-state index < -0.39 is 5.97 Å². The number of anilines is 1. The van der Waals surface area contributed by atoms with E-state index in [-0.39, 0.29) is 17.4 Å². The number of hydrogen-bond donors (Lipinski definition) is 1. The summed E-state index contributed by atoms with van der Waals surface area (Å²) in [6, 6.07) is 21.0. The van der Waals surface area contributed by atoms with Gasteiger partial charge in [-0.3, -0.25) is 4.79 Å². The lowest BCUT2D eigenvalue weighted by Crippen LogP contribution is -2.29. The third-order valence-electron chi connectivity index (χ3n) is 4.72. The van der Waals surface area contributed by atoms with E-state index in [9.17, 15) is 9.59 Å². The summed E-state index contributed by atoms with van der Waals surface area (Å²) < 4.78 is 0. The summed E-state index contributed by atoms with van der Waals surface area (Å²) >= 11 is 0. The molecule has 1 aliphatic heterocycles. The van der Waals surface area contributed by atoms with Gasteiger partial charge >= 0.3 is 5.97 Å². The van der Waals surface area contributed by atoms with E-state index >= 15 is 0 Å². The molecular weight excluding hydrogens is 326 g/mol. The molecule has 1 N–H and O–H groups in total. The largest absolute Gasteiger partial charge is 0.478 e. The molecule has 4 nitrogen and oxygen atoms in total. The predicted molar refractivity (Wildman–Crippen MR) is 101 cm³/mol. The highest BCUT2D eigenvalue weighted by molar-refractivity contribution is 5.93. The van der Waals surface area contributed by atoms with Gasteiger partial charge in [-0.1, -0.05) is 36.4 Å². The number of carbonyl (C=O) groups is 2. The molecule has 1 aliphatic rings. The number of benzene rings is 3. The van der Waals surface area contributed by atoms with Crippen LogP contribution in [-0.2, 0) is 4.79 Å². The van der Waals surface area contributed by atoms with Crippen LogP contribution in [0, 0.1) is 0 Å². The summed E-state index contributed by atoms with van der Waals surface area (Å²) in [6.07, 6.45) is 3.74. The molecule has 0 aromatic heterocycles. The lowest BCUT2D eigenvalue weighted by Gasteiger charge is -2.33. The van der Waals surface area contributed by atoms with Gasteiger partial charge < -0.3 is 10.0 Å². The van der Waals surface area contributed by atoms with Crippen molar-refractivity contribution in [2.45, 2.75) is 12.5 Å². The van der Waals surface area contributed by atoms with Crippen LogP contribution in [0.2, 0.25) is 0 Å². The van der Waals surface area contributed by atoms with Gasteiger partial charge in [0.1, 0.15) is 0 Å². The van der Waals surface area contributed by atoms with Crippen molar-refractivity contribution in [1.29, 1.82) is 0 Å². The summed E-state index contributed by atoms with van der Waals surface area (Å²) in [6.45, 7) is 0. The zero-order valence-corrected chi connectivity index (χ0v) is 14.0. The molecule has 0 bridgehead atoms. The van der Waals surface area contributed by atoms with Crippen LogP contribution in [-0.4, -0.2) is 16.9 Å². The Morgan fingerprint density at radius 1 is 0.962 bits per heavy atom. The molecule has 1 heterocycles.